The molecule has 0 bridgehead atoms. The summed E-state index contributed by atoms with van der Waals surface area (Å²) >= 11 is 0. The SMILES string of the molecule is Cc1c([C@H](Nc2nnc(N[C@@H](Nc3nncc4ccc(N5CCNCC5)cc34)c3cccc(C(F)(F)F)c3C)c3ccc(N4CC[C@H]5NC[C@H]54)cc23)Nc2nnc(N[C@H](N)c3cccc(C(F)(F)F)c3C)c3cc(N4CC[C@@H](O)C4)ccc23)cccc1C(F)(F)F. The fourth-order valence-electron chi connectivity index (χ4n) is 13.1. The zero-order chi connectivity index (χ0) is 63.7. The maximum Gasteiger partial charge on any atom is 0.416 e. The molecule has 4 fully saturated rings. The Labute approximate surface area is 516 Å². The Morgan fingerprint density at radius 2 is 0.989 bits per heavy atom. The summed E-state index contributed by atoms with van der Waals surface area (Å²) in [6.07, 6.45) is -15.5. The molecule has 0 spiro atoms. The van der Waals surface area contributed by atoms with Crippen molar-refractivity contribution in [2.24, 2.45) is 5.73 Å². The Kier molecular flexibility index (Phi) is 16.0. The summed E-state index contributed by atoms with van der Waals surface area (Å²) in [5.74, 6) is 0.618. The first kappa shape index (κ1) is 60.8. The lowest BCUT2D eigenvalue weighted by Crippen LogP contribution is -2.59. The third kappa shape index (κ3) is 12.0. The maximum atomic E-state index is 15.0. The number of piperazine rings is 1. The molecule has 0 radical (unpaired) electrons. The van der Waals surface area contributed by atoms with Crippen LogP contribution >= 0.6 is 0 Å². The molecule has 0 saturated carbocycles. The van der Waals surface area contributed by atoms with Gasteiger partial charge in [0, 0.05) is 108 Å². The van der Waals surface area contributed by atoms with E-state index in [4.69, 9.17) is 15.9 Å². The molecule has 10 N–H and O–H groups in total. The standard InChI is InChI=1S/C64H64F9N17O/c1-33-41(7-4-10-49(33)62(65,66)67)54(74)78-60-47-28-38(89-23-19-40(91)32-89)15-17-44(47)57(84-86-60)80-56(43-9-6-12-51(35(43)3)64(71,72)73)82-61-48-29-39(90-24-20-52-53(90)31-76-52)16-18-45(48)58(85-87-61)79-55(42-8-5-11-50(34(42)2)63(68,69)70)81-59-46-27-37(88-25-21-75-22-26-88)14-13-36(46)30-77-83-59/h4-18,27-30,40,52-56,75-76,91H,19-26,31-32,74H2,1-3H3,(H,78,86)(H,79,85)(H,80,84)(H,81,83)(H,82,87)/t40-,52-,53-,54+,55+,56+/m1/s1. The summed E-state index contributed by atoms with van der Waals surface area (Å²) in [7, 11) is 0. The number of hydrogen-bond acceptors (Lipinski definition) is 18. The summed E-state index contributed by atoms with van der Waals surface area (Å²) < 4.78 is 132. The van der Waals surface area contributed by atoms with Crippen molar-refractivity contribution in [3.63, 3.8) is 0 Å². The highest BCUT2D eigenvalue weighted by atomic mass is 19.4. The molecule has 4 aliphatic heterocycles. The fraction of sp³-hybridized carbons (Fsp3) is 0.344. The molecule has 91 heavy (non-hydrogen) atoms. The van der Waals surface area contributed by atoms with Crippen molar-refractivity contribution in [3.8, 4) is 0 Å². The van der Waals surface area contributed by atoms with Gasteiger partial charge in [-0.15, -0.1) is 25.5 Å². The molecule has 0 aliphatic carbocycles. The minimum absolute atomic E-state index is 0.0606. The van der Waals surface area contributed by atoms with Gasteiger partial charge in [-0.3, -0.25) is 0 Å². The van der Waals surface area contributed by atoms with Gasteiger partial charge < -0.3 is 62.8 Å². The van der Waals surface area contributed by atoms with E-state index in [-0.39, 0.29) is 74.6 Å². The van der Waals surface area contributed by atoms with E-state index in [2.05, 4.69) is 67.4 Å². The Hall–Kier alpha value is -9.05. The molecule has 13 rings (SSSR count). The van der Waals surface area contributed by atoms with Crippen molar-refractivity contribution >= 4 is 78.5 Å². The summed E-state index contributed by atoms with van der Waals surface area (Å²) in [6, 6.07) is 28.6. The van der Waals surface area contributed by atoms with Crippen LogP contribution in [0, 0.1) is 20.8 Å². The van der Waals surface area contributed by atoms with Crippen LogP contribution in [0.3, 0.4) is 0 Å². The molecule has 7 heterocycles. The average Bonchev–Trinajstić information content (AvgIpc) is 1.75. The lowest BCUT2D eigenvalue weighted by Gasteiger charge is -2.38. The van der Waals surface area contributed by atoms with Gasteiger partial charge in [-0.25, -0.2) is 0 Å². The van der Waals surface area contributed by atoms with Crippen LogP contribution in [0.15, 0.2) is 115 Å². The summed E-state index contributed by atoms with van der Waals surface area (Å²) in [4.78, 5) is 6.45. The number of fused-ring (bicyclic) bond motifs is 4. The topological polar surface area (TPSA) is 218 Å². The first-order valence-electron chi connectivity index (χ1n) is 29.9. The molecule has 0 amide bonds. The third-order valence-electron chi connectivity index (χ3n) is 18.1. The number of alkyl halides is 9. The largest absolute Gasteiger partial charge is 0.416 e. The van der Waals surface area contributed by atoms with Gasteiger partial charge in [0.25, 0.3) is 0 Å². The maximum absolute atomic E-state index is 15.0. The fourth-order valence-corrected chi connectivity index (χ4v) is 13.1. The monoisotopic (exact) mass is 1260 g/mol. The highest BCUT2D eigenvalue weighted by Crippen LogP contribution is 2.43. The molecular weight excluding hydrogens is 1190 g/mol. The van der Waals surface area contributed by atoms with Crippen molar-refractivity contribution in [3.05, 3.63) is 165 Å². The summed E-state index contributed by atoms with van der Waals surface area (Å²) in [6.45, 7) is 9.37. The molecule has 6 atom stereocenters. The zero-order valence-corrected chi connectivity index (χ0v) is 49.5. The molecular formula is C64H64F9N17O. The second-order valence-corrected chi connectivity index (χ2v) is 23.5. The van der Waals surface area contributed by atoms with E-state index in [1.54, 1.807) is 30.5 Å². The molecule has 4 aliphatic rings. The van der Waals surface area contributed by atoms with Crippen LogP contribution in [0.25, 0.3) is 32.3 Å². The van der Waals surface area contributed by atoms with Gasteiger partial charge in [0.05, 0.1) is 35.0 Å². The number of aromatic nitrogens is 6. The van der Waals surface area contributed by atoms with E-state index in [1.165, 1.54) is 51.1 Å². The Morgan fingerprint density at radius 3 is 1.51 bits per heavy atom. The number of rotatable bonds is 16. The number of aliphatic hydroxyl groups is 1. The van der Waals surface area contributed by atoms with Crippen LogP contribution in [-0.4, -0.2) is 106 Å². The smallest absolute Gasteiger partial charge is 0.391 e. The van der Waals surface area contributed by atoms with Crippen LogP contribution in [0.4, 0.5) is 85.7 Å². The molecule has 9 aromatic rings. The molecule has 27 heteroatoms. The summed E-state index contributed by atoms with van der Waals surface area (Å²) in [5.41, 5.74) is 6.56. The number of benzene rings is 6. The van der Waals surface area contributed by atoms with Crippen LogP contribution in [0.5, 0.6) is 0 Å². The Morgan fingerprint density at radius 1 is 0.516 bits per heavy atom. The van der Waals surface area contributed by atoms with E-state index in [1.807, 2.05) is 41.3 Å². The highest BCUT2D eigenvalue weighted by molar-refractivity contribution is 6.02. The van der Waals surface area contributed by atoms with Gasteiger partial charge in [-0.05, 0) is 134 Å². The molecule has 3 aromatic heterocycles. The number of nitrogens with one attached hydrogen (secondary N) is 7. The van der Waals surface area contributed by atoms with Crippen LogP contribution < -0.4 is 57.7 Å². The molecule has 18 nitrogen and oxygen atoms in total. The van der Waals surface area contributed by atoms with Crippen molar-refractivity contribution in [1.82, 2.24) is 41.2 Å². The van der Waals surface area contributed by atoms with Crippen LogP contribution in [0.2, 0.25) is 0 Å². The van der Waals surface area contributed by atoms with Gasteiger partial charge >= 0.3 is 18.5 Å². The number of halogens is 9. The number of β-amino-alcohol motifs (C(OH)–C–C–N with tert-alkyl or cyclic N) is 1. The van der Waals surface area contributed by atoms with E-state index >= 15 is 13.2 Å². The average molecular weight is 1260 g/mol. The first-order chi connectivity index (χ1) is 43.5. The minimum atomic E-state index is -4.78. The van der Waals surface area contributed by atoms with Crippen LogP contribution in [-0.2, 0) is 18.5 Å². The van der Waals surface area contributed by atoms with Gasteiger partial charge in [0.2, 0.25) is 0 Å². The van der Waals surface area contributed by atoms with Crippen molar-refractivity contribution < 1.29 is 44.6 Å². The van der Waals surface area contributed by atoms with Crippen molar-refractivity contribution in [2.75, 3.05) is 93.6 Å². The Balaban J connectivity index is 0.934. The first-order valence-corrected chi connectivity index (χ1v) is 29.9. The lowest BCUT2D eigenvalue weighted by molar-refractivity contribution is -0.138. The van der Waals surface area contributed by atoms with E-state index in [0.29, 0.717) is 58.7 Å². The van der Waals surface area contributed by atoms with E-state index < -0.39 is 59.8 Å². The second-order valence-electron chi connectivity index (χ2n) is 23.5. The molecule has 474 valence electrons. The highest BCUT2D eigenvalue weighted by Gasteiger charge is 2.42. The minimum Gasteiger partial charge on any atom is -0.391 e. The van der Waals surface area contributed by atoms with Gasteiger partial charge in [0.15, 0.2) is 29.1 Å². The van der Waals surface area contributed by atoms with Gasteiger partial charge in [-0.2, -0.15) is 44.6 Å². The van der Waals surface area contributed by atoms with E-state index in [9.17, 15) is 31.4 Å². The molecule has 0 unspecified atom stereocenters. The lowest BCUT2D eigenvalue weighted by atomic mass is 9.99. The van der Waals surface area contributed by atoms with Crippen molar-refractivity contribution in [2.45, 2.75) is 88.8 Å². The number of aliphatic hydroxyl groups excluding tert-OH is 1. The predicted molar refractivity (Wildman–Crippen MR) is 333 cm³/mol. The normalized spacial score (nSPS) is 18.9. The van der Waals surface area contributed by atoms with Gasteiger partial charge in [-0.1, -0.05) is 42.5 Å². The third-order valence-corrected chi connectivity index (χ3v) is 18.1. The number of anilines is 8. The zero-order valence-electron chi connectivity index (χ0n) is 49.5. The quantitative estimate of drug-likeness (QED) is 0.0325. The number of nitrogens with two attached hydrogens (primary N) is 1. The molecule has 6 aromatic carbocycles. The van der Waals surface area contributed by atoms with Crippen molar-refractivity contribution in [1.29, 1.82) is 0 Å². The van der Waals surface area contributed by atoms with Crippen LogP contribution in [0.1, 0.15) is 81.4 Å². The second kappa shape index (κ2) is 24.0. The van der Waals surface area contributed by atoms with Gasteiger partial charge in [0.1, 0.15) is 18.5 Å². The Bertz CT molecular complexity index is 4220. The molecule has 4 saturated heterocycles. The predicted octanol–water partition coefficient (Wildman–Crippen LogP) is 11.5. The number of nitrogens with zero attached hydrogens (tertiary/aromatic N) is 9. The number of hydrogen-bond donors (Lipinski definition) is 9. The summed E-state index contributed by atoms with van der Waals surface area (Å²) in [5, 5.41) is 64.5. The van der Waals surface area contributed by atoms with E-state index in [0.717, 1.165) is 74.1 Å².